The zero-order chi connectivity index (χ0) is 21.3. The molecule has 8 atom stereocenters. The lowest BCUT2D eigenvalue weighted by atomic mass is 9.99. The van der Waals surface area contributed by atoms with Gasteiger partial charge >= 0.3 is 0 Å². The molecule has 3 heterocycles. The van der Waals surface area contributed by atoms with Gasteiger partial charge in [0.15, 0.2) is 6.29 Å². The van der Waals surface area contributed by atoms with E-state index < -0.39 is 67.3 Å². The van der Waals surface area contributed by atoms with Crippen LogP contribution in [0.25, 0.3) is 0 Å². The van der Waals surface area contributed by atoms with Gasteiger partial charge in [0.2, 0.25) is 17.5 Å². The molecule has 0 bridgehead atoms. The lowest BCUT2D eigenvalue weighted by molar-refractivity contribution is -0.289. The molecule has 0 aliphatic carbocycles. The van der Waals surface area contributed by atoms with Crippen LogP contribution in [0.1, 0.15) is 5.76 Å². The smallest absolute Gasteiger partial charge is 0.229 e. The number of aryl methyl sites for hydroxylation is 1. The van der Waals surface area contributed by atoms with Crippen LogP contribution in [0.3, 0.4) is 0 Å². The molecule has 3 rings (SSSR count). The van der Waals surface area contributed by atoms with Crippen molar-refractivity contribution in [2.75, 3.05) is 19.8 Å². The summed E-state index contributed by atoms with van der Waals surface area (Å²) < 4.78 is 26.2. The van der Waals surface area contributed by atoms with Crippen molar-refractivity contribution < 1.29 is 54.0 Å². The Morgan fingerprint density at radius 1 is 1.17 bits per heavy atom. The second-order valence-electron chi connectivity index (χ2n) is 7.02. The fourth-order valence-corrected chi connectivity index (χ4v) is 3.03. The van der Waals surface area contributed by atoms with Gasteiger partial charge in [0.25, 0.3) is 0 Å². The standard InChI is InChI=1S/C17H24O12/c1-7-13(8(19)2-3-25-7)29-15-12(22)11(21)10(20)9(28-15)4-26-16-14(23)17(24,5-18)6-27-16/h2-3,9-12,14-16,18,20-24H,4-6H2,1H3/t9-,10-,11+,12+,14+,15+,16-,17-/m1/s1. The summed E-state index contributed by atoms with van der Waals surface area (Å²) >= 11 is 0. The highest BCUT2D eigenvalue weighted by Gasteiger charge is 2.50. The first kappa shape index (κ1) is 22.1. The number of hydrogen-bond acceptors (Lipinski definition) is 12. The molecule has 2 saturated heterocycles. The van der Waals surface area contributed by atoms with Gasteiger partial charge in [0, 0.05) is 6.07 Å². The molecule has 0 spiro atoms. The maximum absolute atomic E-state index is 11.9. The van der Waals surface area contributed by atoms with Crippen LogP contribution in [0.5, 0.6) is 5.75 Å². The first-order valence-electron chi connectivity index (χ1n) is 8.87. The molecule has 164 valence electrons. The highest BCUT2D eigenvalue weighted by atomic mass is 16.7. The molecule has 2 aliphatic rings. The van der Waals surface area contributed by atoms with Gasteiger partial charge in [-0.05, 0) is 6.92 Å². The summed E-state index contributed by atoms with van der Waals surface area (Å²) in [5.41, 5.74) is -2.43. The summed E-state index contributed by atoms with van der Waals surface area (Å²) in [6.07, 6.45) is -9.47. The molecule has 12 heteroatoms. The highest BCUT2D eigenvalue weighted by Crippen LogP contribution is 2.28. The highest BCUT2D eigenvalue weighted by molar-refractivity contribution is 5.23. The van der Waals surface area contributed by atoms with Crippen LogP contribution in [-0.4, -0.2) is 99.2 Å². The van der Waals surface area contributed by atoms with Crippen LogP contribution in [0.4, 0.5) is 0 Å². The molecule has 0 aromatic carbocycles. The predicted octanol–water partition coefficient (Wildman–Crippen LogP) is -3.41. The van der Waals surface area contributed by atoms with Gasteiger partial charge < -0.3 is 54.0 Å². The van der Waals surface area contributed by atoms with Crippen molar-refractivity contribution in [3.63, 3.8) is 0 Å². The van der Waals surface area contributed by atoms with Crippen LogP contribution >= 0.6 is 0 Å². The molecule has 0 unspecified atom stereocenters. The first-order chi connectivity index (χ1) is 13.7. The fraction of sp³-hybridized carbons (Fsp3) is 0.706. The summed E-state index contributed by atoms with van der Waals surface area (Å²) in [5, 5.41) is 59.4. The average molecular weight is 420 g/mol. The normalized spacial score (nSPS) is 40.2. The van der Waals surface area contributed by atoms with E-state index in [1.807, 2.05) is 0 Å². The van der Waals surface area contributed by atoms with Crippen molar-refractivity contribution >= 4 is 0 Å². The Bertz CT molecular complexity index is 752. The third-order valence-electron chi connectivity index (χ3n) is 4.91. The van der Waals surface area contributed by atoms with Gasteiger partial charge in [-0.15, -0.1) is 0 Å². The molecule has 0 saturated carbocycles. The van der Waals surface area contributed by atoms with E-state index in [2.05, 4.69) is 0 Å². The van der Waals surface area contributed by atoms with Crippen molar-refractivity contribution in [1.82, 2.24) is 0 Å². The second kappa shape index (κ2) is 8.63. The lowest BCUT2D eigenvalue weighted by Crippen LogP contribution is -2.60. The Kier molecular flexibility index (Phi) is 6.57. The molecule has 2 fully saturated rings. The number of aliphatic hydroxyl groups is 6. The van der Waals surface area contributed by atoms with Crippen LogP contribution < -0.4 is 10.2 Å². The van der Waals surface area contributed by atoms with E-state index in [9.17, 15) is 30.3 Å². The minimum atomic E-state index is -1.89. The van der Waals surface area contributed by atoms with Crippen molar-refractivity contribution in [2.24, 2.45) is 0 Å². The Hall–Kier alpha value is -1.61. The summed E-state index contributed by atoms with van der Waals surface area (Å²) in [7, 11) is 0. The van der Waals surface area contributed by atoms with Crippen LogP contribution in [-0.2, 0) is 14.2 Å². The van der Waals surface area contributed by atoms with E-state index in [1.54, 1.807) is 0 Å². The molecular weight excluding hydrogens is 396 g/mol. The summed E-state index contributed by atoms with van der Waals surface area (Å²) in [5.74, 6) is -0.116. The van der Waals surface area contributed by atoms with E-state index in [1.165, 1.54) is 13.2 Å². The molecular formula is C17H24O12. The molecule has 29 heavy (non-hydrogen) atoms. The van der Waals surface area contributed by atoms with Gasteiger partial charge in [0.1, 0.15) is 41.9 Å². The van der Waals surface area contributed by atoms with E-state index in [4.69, 9.17) is 28.5 Å². The third-order valence-corrected chi connectivity index (χ3v) is 4.91. The number of rotatable bonds is 6. The van der Waals surface area contributed by atoms with Crippen molar-refractivity contribution in [3.05, 3.63) is 28.3 Å². The Morgan fingerprint density at radius 3 is 2.52 bits per heavy atom. The Morgan fingerprint density at radius 2 is 1.90 bits per heavy atom. The largest absolute Gasteiger partial charge is 0.465 e. The topological polar surface area (TPSA) is 189 Å². The molecule has 2 aliphatic heterocycles. The number of hydrogen-bond donors (Lipinski definition) is 6. The first-order valence-corrected chi connectivity index (χ1v) is 8.87. The molecule has 12 nitrogen and oxygen atoms in total. The Labute approximate surface area is 164 Å². The quantitative estimate of drug-likeness (QED) is 0.268. The van der Waals surface area contributed by atoms with E-state index in [-0.39, 0.29) is 18.1 Å². The predicted molar refractivity (Wildman–Crippen MR) is 90.8 cm³/mol. The zero-order valence-electron chi connectivity index (χ0n) is 15.5. The molecule has 1 aromatic rings. The number of ether oxygens (including phenoxy) is 4. The zero-order valence-corrected chi connectivity index (χ0v) is 15.5. The SMILES string of the molecule is Cc1occc(=O)c1O[C@@H]1O[C@H](CO[C@@H]2OC[C@](O)(CO)[C@H]2O)[C@@H](O)[C@H](O)[C@@H]1O. The van der Waals surface area contributed by atoms with Gasteiger partial charge in [-0.2, -0.15) is 0 Å². The summed E-state index contributed by atoms with van der Waals surface area (Å²) in [6, 6.07) is 1.10. The molecule has 6 N–H and O–H groups in total. The van der Waals surface area contributed by atoms with E-state index >= 15 is 0 Å². The number of aliphatic hydroxyl groups excluding tert-OH is 5. The maximum Gasteiger partial charge on any atom is 0.229 e. The van der Waals surface area contributed by atoms with Gasteiger partial charge in [-0.25, -0.2) is 0 Å². The summed E-state index contributed by atoms with van der Waals surface area (Å²) in [6.45, 7) is -0.106. The Balaban J connectivity index is 1.67. The van der Waals surface area contributed by atoms with Gasteiger partial charge in [0.05, 0.1) is 26.1 Å². The summed E-state index contributed by atoms with van der Waals surface area (Å²) in [4.78, 5) is 11.9. The van der Waals surface area contributed by atoms with E-state index in [0.29, 0.717) is 0 Å². The monoisotopic (exact) mass is 420 g/mol. The fourth-order valence-electron chi connectivity index (χ4n) is 3.03. The maximum atomic E-state index is 11.9. The van der Waals surface area contributed by atoms with Crippen molar-refractivity contribution in [2.45, 2.75) is 55.6 Å². The molecule has 0 radical (unpaired) electrons. The second-order valence-corrected chi connectivity index (χ2v) is 7.02. The van der Waals surface area contributed by atoms with Crippen molar-refractivity contribution in [1.29, 1.82) is 0 Å². The van der Waals surface area contributed by atoms with E-state index in [0.717, 1.165) is 6.07 Å². The molecule has 1 aromatic heterocycles. The minimum absolute atomic E-state index is 0.118. The molecule has 0 amide bonds. The van der Waals surface area contributed by atoms with Crippen LogP contribution in [0.15, 0.2) is 21.5 Å². The van der Waals surface area contributed by atoms with Gasteiger partial charge in [-0.3, -0.25) is 4.79 Å². The third kappa shape index (κ3) is 4.30. The lowest BCUT2D eigenvalue weighted by Gasteiger charge is -2.40. The van der Waals surface area contributed by atoms with Crippen LogP contribution in [0.2, 0.25) is 0 Å². The van der Waals surface area contributed by atoms with Crippen molar-refractivity contribution in [3.8, 4) is 5.75 Å². The van der Waals surface area contributed by atoms with Crippen LogP contribution in [0, 0.1) is 6.92 Å². The minimum Gasteiger partial charge on any atom is -0.465 e. The van der Waals surface area contributed by atoms with Gasteiger partial charge in [-0.1, -0.05) is 0 Å². The average Bonchev–Trinajstić information content (AvgIpc) is 2.99.